The molecule has 1 aromatic rings. The summed E-state index contributed by atoms with van der Waals surface area (Å²) in [6, 6.07) is 4.19. The number of likely N-dealkylation sites (N-methyl/N-ethyl adjacent to an activating group) is 1. The molecule has 0 spiro atoms. The molecule has 24 heavy (non-hydrogen) atoms. The van der Waals surface area contributed by atoms with Gasteiger partial charge >= 0.3 is 12.6 Å². The molecule has 0 radical (unpaired) electrons. The van der Waals surface area contributed by atoms with Gasteiger partial charge in [-0.3, -0.25) is 4.79 Å². The van der Waals surface area contributed by atoms with Crippen LogP contribution >= 0.6 is 0 Å². The van der Waals surface area contributed by atoms with Crippen LogP contribution < -0.4 is 14.8 Å². The number of halogens is 2. The van der Waals surface area contributed by atoms with E-state index in [1.807, 2.05) is 0 Å². The molecule has 1 amide bonds. The van der Waals surface area contributed by atoms with Crippen molar-refractivity contribution in [2.24, 2.45) is 0 Å². The van der Waals surface area contributed by atoms with Gasteiger partial charge in [-0.25, -0.2) is 4.79 Å². The molecule has 6 nitrogen and oxygen atoms in total. The van der Waals surface area contributed by atoms with Gasteiger partial charge in [0.05, 0.1) is 7.11 Å². The summed E-state index contributed by atoms with van der Waals surface area (Å²) < 4.78 is 38.7. The Hall–Kier alpha value is -2.64. The third-order valence-electron chi connectivity index (χ3n) is 2.83. The van der Waals surface area contributed by atoms with Crippen LogP contribution in [0.1, 0.15) is 19.4 Å². The Kier molecular flexibility index (Phi) is 7.67. The maximum Gasteiger partial charge on any atom is 0.387 e. The molecule has 0 saturated carbocycles. The van der Waals surface area contributed by atoms with Crippen molar-refractivity contribution >= 4 is 18.0 Å². The van der Waals surface area contributed by atoms with E-state index in [2.05, 4.69) is 10.1 Å². The van der Waals surface area contributed by atoms with Crippen molar-refractivity contribution in [1.29, 1.82) is 0 Å². The summed E-state index contributed by atoms with van der Waals surface area (Å²) in [5.41, 5.74) is 0.510. The second-order valence-electron chi connectivity index (χ2n) is 4.60. The van der Waals surface area contributed by atoms with Crippen molar-refractivity contribution in [3.63, 3.8) is 0 Å². The molecule has 0 fully saturated rings. The molecule has 0 bridgehead atoms. The molecule has 1 atom stereocenters. The molecular formula is C16H19F2NO5. The van der Waals surface area contributed by atoms with Gasteiger partial charge in [-0.15, -0.1) is 0 Å². The molecule has 0 aliphatic rings. The number of amides is 1. The van der Waals surface area contributed by atoms with Crippen molar-refractivity contribution in [2.45, 2.75) is 26.6 Å². The van der Waals surface area contributed by atoms with Gasteiger partial charge in [0.15, 0.2) is 17.6 Å². The fraction of sp³-hybridized carbons (Fsp3) is 0.375. The number of hydrogen-bond acceptors (Lipinski definition) is 5. The van der Waals surface area contributed by atoms with E-state index in [9.17, 15) is 18.4 Å². The van der Waals surface area contributed by atoms with Crippen LogP contribution in [0.15, 0.2) is 24.3 Å². The van der Waals surface area contributed by atoms with Gasteiger partial charge in [-0.1, -0.05) is 6.07 Å². The Morgan fingerprint density at radius 3 is 2.58 bits per heavy atom. The minimum atomic E-state index is -2.97. The first-order valence-corrected chi connectivity index (χ1v) is 7.16. The number of alkyl halides is 2. The Morgan fingerprint density at radius 1 is 1.29 bits per heavy atom. The van der Waals surface area contributed by atoms with E-state index in [0.29, 0.717) is 12.1 Å². The number of nitrogens with one attached hydrogen (secondary N) is 1. The highest BCUT2D eigenvalue weighted by atomic mass is 19.3. The SMILES string of the molecule is CCNC(=O)[C@@H](C)OC(=O)/C=C/c1ccc(OC(F)F)c(OC)c1. The smallest absolute Gasteiger partial charge is 0.387 e. The van der Waals surface area contributed by atoms with Gasteiger partial charge in [0.2, 0.25) is 0 Å². The lowest BCUT2D eigenvalue weighted by Gasteiger charge is -2.11. The second-order valence-corrected chi connectivity index (χ2v) is 4.60. The predicted octanol–water partition coefficient (Wildman–Crippen LogP) is 2.38. The maximum atomic E-state index is 12.2. The topological polar surface area (TPSA) is 73.9 Å². The molecule has 0 unspecified atom stereocenters. The Balaban J connectivity index is 2.72. The van der Waals surface area contributed by atoms with Crippen molar-refractivity contribution in [1.82, 2.24) is 5.32 Å². The van der Waals surface area contributed by atoms with Crippen LogP contribution in [0.3, 0.4) is 0 Å². The van der Waals surface area contributed by atoms with E-state index in [1.54, 1.807) is 6.92 Å². The first-order valence-electron chi connectivity index (χ1n) is 7.16. The lowest BCUT2D eigenvalue weighted by molar-refractivity contribution is -0.150. The monoisotopic (exact) mass is 343 g/mol. The number of carbonyl (C=O) groups excluding carboxylic acids is 2. The van der Waals surface area contributed by atoms with Crippen molar-refractivity contribution in [3.05, 3.63) is 29.8 Å². The molecule has 132 valence electrons. The van der Waals surface area contributed by atoms with Crippen LogP contribution in [0.5, 0.6) is 11.5 Å². The van der Waals surface area contributed by atoms with Crippen molar-refractivity contribution < 1.29 is 32.6 Å². The average Bonchev–Trinajstić information content (AvgIpc) is 2.53. The third kappa shape index (κ3) is 6.23. The fourth-order valence-corrected chi connectivity index (χ4v) is 1.73. The van der Waals surface area contributed by atoms with Gasteiger partial charge in [0, 0.05) is 12.6 Å². The zero-order valence-electron chi connectivity index (χ0n) is 13.5. The van der Waals surface area contributed by atoms with Gasteiger partial charge in [-0.05, 0) is 37.6 Å². The Morgan fingerprint density at radius 2 is 2.00 bits per heavy atom. The lowest BCUT2D eigenvalue weighted by atomic mass is 10.2. The number of ether oxygens (including phenoxy) is 3. The van der Waals surface area contributed by atoms with Crippen LogP contribution in [0.2, 0.25) is 0 Å². The van der Waals surface area contributed by atoms with E-state index in [0.717, 1.165) is 6.08 Å². The molecule has 0 aromatic heterocycles. The van der Waals surface area contributed by atoms with Gasteiger partial charge in [0.1, 0.15) is 0 Å². The number of hydrogen-bond donors (Lipinski definition) is 1. The van der Waals surface area contributed by atoms with E-state index in [4.69, 9.17) is 9.47 Å². The van der Waals surface area contributed by atoms with E-state index < -0.39 is 24.6 Å². The first kappa shape index (κ1) is 19.4. The minimum absolute atomic E-state index is 0.0986. The summed E-state index contributed by atoms with van der Waals surface area (Å²) >= 11 is 0. The van der Waals surface area contributed by atoms with Crippen LogP contribution in [0, 0.1) is 0 Å². The van der Waals surface area contributed by atoms with Crippen LogP contribution in [0.25, 0.3) is 6.08 Å². The largest absolute Gasteiger partial charge is 0.493 e. The minimum Gasteiger partial charge on any atom is -0.493 e. The van der Waals surface area contributed by atoms with Crippen LogP contribution in [0.4, 0.5) is 8.78 Å². The number of methoxy groups -OCH3 is 1. The van der Waals surface area contributed by atoms with E-state index >= 15 is 0 Å². The number of esters is 1. The highest BCUT2D eigenvalue weighted by Gasteiger charge is 2.15. The van der Waals surface area contributed by atoms with Gasteiger partial charge < -0.3 is 19.5 Å². The first-order chi connectivity index (χ1) is 11.4. The average molecular weight is 343 g/mol. The van der Waals surface area contributed by atoms with Crippen LogP contribution in [-0.2, 0) is 14.3 Å². The summed E-state index contributed by atoms with van der Waals surface area (Å²) in [5.74, 6) is -1.12. The Bertz CT molecular complexity index is 604. The molecule has 0 heterocycles. The predicted molar refractivity (Wildman–Crippen MR) is 82.9 cm³/mol. The standard InChI is InChI=1S/C16H19F2NO5/c1-4-19-15(21)10(2)23-14(20)8-6-11-5-7-12(24-16(17)18)13(9-11)22-3/h5-10,16H,4H2,1-3H3,(H,19,21)/b8-6+/t10-/m1/s1. The molecule has 1 aromatic carbocycles. The molecule has 0 aliphatic carbocycles. The van der Waals surface area contributed by atoms with Crippen molar-refractivity contribution in [2.75, 3.05) is 13.7 Å². The zero-order chi connectivity index (χ0) is 18.1. The van der Waals surface area contributed by atoms with Crippen molar-refractivity contribution in [3.8, 4) is 11.5 Å². The summed E-state index contributed by atoms with van der Waals surface area (Å²) in [4.78, 5) is 23.1. The molecule has 8 heteroatoms. The number of carbonyl (C=O) groups is 2. The van der Waals surface area contributed by atoms with Crippen LogP contribution in [-0.4, -0.2) is 38.2 Å². The molecular weight excluding hydrogens is 324 g/mol. The summed E-state index contributed by atoms with van der Waals surface area (Å²) in [5, 5.41) is 2.53. The van der Waals surface area contributed by atoms with E-state index in [1.165, 1.54) is 38.3 Å². The van der Waals surface area contributed by atoms with Gasteiger partial charge in [-0.2, -0.15) is 8.78 Å². The molecule has 0 saturated heterocycles. The fourth-order valence-electron chi connectivity index (χ4n) is 1.73. The lowest BCUT2D eigenvalue weighted by Crippen LogP contribution is -2.35. The molecule has 1 rings (SSSR count). The molecule has 0 aliphatic heterocycles. The summed E-state index contributed by atoms with van der Waals surface area (Å²) in [7, 11) is 1.31. The number of benzene rings is 1. The van der Waals surface area contributed by atoms with Gasteiger partial charge in [0.25, 0.3) is 5.91 Å². The Labute approximate surface area is 138 Å². The zero-order valence-corrected chi connectivity index (χ0v) is 13.5. The maximum absolute atomic E-state index is 12.2. The normalized spacial score (nSPS) is 12.1. The second kappa shape index (κ2) is 9.49. The third-order valence-corrected chi connectivity index (χ3v) is 2.83. The quantitative estimate of drug-likeness (QED) is 0.579. The van der Waals surface area contributed by atoms with E-state index in [-0.39, 0.29) is 11.5 Å². The molecule has 1 N–H and O–H groups in total. The summed E-state index contributed by atoms with van der Waals surface area (Å²) in [6.07, 6.45) is 1.61. The highest BCUT2D eigenvalue weighted by molar-refractivity contribution is 5.90. The summed E-state index contributed by atoms with van der Waals surface area (Å²) in [6.45, 7) is 0.673. The number of rotatable bonds is 8. The highest BCUT2D eigenvalue weighted by Crippen LogP contribution is 2.29.